The standard InChI is InChI=1S/C25H24N2O4/c1-17-4-13-23(18(2)14-17)24(28)27-26-15-19-7-11-22(12-8-19)31-16-20-5-9-21(10-6-20)25(29)30-3/h4-15H,16H2,1-3H3,(H,27,28)/b26-15+. The molecule has 0 bridgehead atoms. The summed E-state index contributed by atoms with van der Waals surface area (Å²) in [6.07, 6.45) is 1.58. The van der Waals surface area contributed by atoms with Crippen LogP contribution < -0.4 is 10.2 Å². The zero-order valence-corrected chi connectivity index (χ0v) is 17.7. The van der Waals surface area contributed by atoms with Crippen LogP contribution in [0.5, 0.6) is 5.75 Å². The second-order valence-corrected chi connectivity index (χ2v) is 7.06. The lowest BCUT2D eigenvalue weighted by Crippen LogP contribution is -2.18. The lowest BCUT2D eigenvalue weighted by molar-refractivity contribution is 0.0600. The molecule has 0 spiro atoms. The minimum Gasteiger partial charge on any atom is -0.489 e. The number of amides is 1. The van der Waals surface area contributed by atoms with Crippen molar-refractivity contribution >= 4 is 18.1 Å². The highest BCUT2D eigenvalue weighted by Crippen LogP contribution is 2.15. The molecule has 3 aromatic rings. The summed E-state index contributed by atoms with van der Waals surface area (Å²) in [5.41, 5.74) is 7.44. The molecule has 0 aliphatic carbocycles. The summed E-state index contributed by atoms with van der Waals surface area (Å²) in [5.74, 6) is 0.0929. The Morgan fingerprint density at radius 1 is 0.968 bits per heavy atom. The number of nitrogens with one attached hydrogen (secondary N) is 1. The van der Waals surface area contributed by atoms with Crippen molar-refractivity contribution in [2.75, 3.05) is 7.11 Å². The van der Waals surface area contributed by atoms with Gasteiger partial charge >= 0.3 is 5.97 Å². The van der Waals surface area contributed by atoms with E-state index in [0.717, 1.165) is 22.3 Å². The van der Waals surface area contributed by atoms with Gasteiger partial charge in [-0.05, 0) is 73.0 Å². The fourth-order valence-corrected chi connectivity index (χ4v) is 2.97. The Balaban J connectivity index is 1.51. The number of benzene rings is 3. The minimum absolute atomic E-state index is 0.244. The third-order valence-corrected chi connectivity index (χ3v) is 4.67. The first-order valence-corrected chi connectivity index (χ1v) is 9.77. The van der Waals surface area contributed by atoms with Crippen LogP contribution >= 0.6 is 0 Å². The fourth-order valence-electron chi connectivity index (χ4n) is 2.97. The van der Waals surface area contributed by atoms with Crippen LogP contribution in [0.2, 0.25) is 0 Å². The lowest BCUT2D eigenvalue weighted by atomic mass is 10.1. The zero-order valence-electron chi connectivity index (χ0n) is 17.7. The van der Waals surface area contributed by atoms with Crippen molar-refractivity contribution in [3.63, 3.8) is 0 Å². The molecule has 0 heterocycles. The van der Waals surface area contributed by atoms with Crippen molar-refractivity contribution in [1.29, 1.82) is 0 Å². The summed E-state index contributed by atoms with van der Waals surface area (Å²) in [4.78, 5) is 23.7. The second-order valence-electron chi connectivity index (χ2n) is 7.06. The molecule has 0 saturated heterocycles. The topological polar surface area (TPSA) is 77.0 Å². The summed E-state index contributed by atoms with van der Waals surface area (Å²) >= 11 is 0. The largest absolute Gasteiger partial charge is 0.489 e. The van der Waals surface area contributed by atoms with E-state index in [4.69, 9.17) is 4.74 Å². The number of hydrazone groups is 1. The van der Waals surface area contributed by atoms with Crippen LogP contribution in [0.4, 0.5) is 0 Å². The lowest BCUT2D eigenvalue weighted by Gasteiger charge is -2.07. The van der Waals surface area contributed by atoms with Crippen molar-refractivity contribution in [1.82, 2.24) is 5.43 Å². The van der Waals surface area contributed by atoms with Gasteiger partial charge in [0.05, 0.1) is 18.9 Å². The Morgan fingerprint density at radius 3 is 2.32 bits per heavy atom. The number of aryl methyl sites for hydroxylation is 2. The minimum atomic E-state index is -0.366. The molecule has 31 heavy (non-hydrogen) atoms. The molecule has 6 nitrogen and oxygen atoms in total. The van der Waals surface area contributed by atoms with Gasteiger partial charge < -0.3 is 9.47 Å². The van der Waals surface area contributed by atoms with E-state index in [0.29, 0.717) is 23.5 Å². The van der Waals surface area contributed by atoms with E-state index < -0.39 is 0 Å². The smallest absolute Gasteiger partial charge is 0.337 e. The molecule has 0 aliphatic heterocycles. The molecular weight excluding hydrogens is 392 g/mol. The summed E-state index contributed by atoms with van der Waals surface area (Å²) in [6.45, 7) is 4.26. The van der Waals surface area contributed by atoms with Crippen LogP contribution in [0.15, 0.2) is 71.8 Å². The number of ether oxygens (including phenoxy) is 2. The van der Waals surface area contributed by atoms with Gasteiger partial charge in [0.25, 0.3) is 5.91 Å². The SMILES string of the molecule is COC(=O)c1ccc(COc2ccc(/C=N/NC(=O)c3ccc(C)cc3C)cc2)cc1. The van der Waals surface area contributed by atoms with Crippen molar-refractivity contribution in [3.05, 3.63) is 100 Å². The van der Waals surface area contributed by atoms with Gasteiger partial charge in [-0.1, -0.05) is 29.8 Å². The van der Waals surface area contributed by atoms with E-state index >= 15 is 0 Å². The molecule has 6 heteroatoms. The number of hydrogen-bond donors (Lipinski definition) is 1. The number of rotatable bonds is 7. The molecule has 0 aliphatic rings. The Kier molecular flexibility index (Phi) is 7.17. The number of carbonyl (C=O) groups excluding carboxylic acids is 2. The van der Waals surface area contributed by atoms with Gasteiger partial charge in [0.15, 0.2) is 0 Å². The number of hydrogen-bond acceptors (Lipinski definition) is 5. The average Bonchev–Trinajstić information content (AvgIpc) is 2.78. The monoisotopic (exact) mass is 416 g/mol. The molecule has 3 rings (SSSR count). The maximum atomic E-state index is 12.2. The highest BCUT2D eigenvalue weighted by Gasteiger charge is 2.07. The first-order chi connectivity index (χ1) is 15.0. The highest BCUT2D eigenvalue weighted by molar-refractivity contribution is 5.96. The van der Waals surface area contributed by atoms with E-state index in [9.17, 15) is 9.59 Å². The zero-order chi connectivity index (χ0) is 22.2. The third kappa shape index (κ3) is 6.02. The van der Waals surface area contributed by atoms with Crippen LogP contribution in [0, 0.1) is 13.8 Å². The van der Waals surface area contributed by atoms with Crippen LogP contribution in [-0.4, -0.2) is 25.2 Å². The van der Waals surface area contributed by atoms with Crippen molar-refractivity contribution in [3.8, 4) is 5.75 Å². The number of esters is 1. The van der Waals surface area contributed by atoms with Crippen LogP contribution in [0.25, 0.3) is 0 Å². The molecule has 3 aromatic carbocycles. The van der Waals surface area contributed by atoms with Crippen LogP contribution in [0.1, 0.15) is 43.0 Å². The predicted molar refractivity (Wildman–Crippen MR) is 120 cm³/mol. The molecular formula is C25H24N2O4. The van der Waals surface area contributed by atoms with Gasteiger partial charge in [-0.3, -0.25) is 4.79 Å². The second kappa shape index (κ2) is 10.2. The average molecular weight is 416 g/mol. The van der Waals surface area contributed by atoms with Gasteiger partial charge in [0.1, 0.15) is 12.4 Å². The first-order valence-electron chi connectivity index (χ1n) is 9.77. The molecule has 0 fully saturated rings. The number of methoxy groups -OCH3 is 1. The fraction of sp³-hybridized carbons (Fsp3) is 0.160. The van der Waals surface area contributed by atoms with E-state index in [1.54, 1.807) is 24.4 Å². The Labute approximate surface area is 181 Å². The van der Waals surface area contributed by atoms with E-state index in [1.165, 1.54) is 7.11 Å². The highest BCUT2D eigenvalue weighted by atomic mass is 16.5. The Hall–Kier alpha value is -3.93. The third-order valence-electron chi connectivity index (χ3n) is 4.67. The van der Waals surface area contributed by atoms with Gasteiger partial charge in [-0.15, -0.1) is 0 Å². The molecule has 0 saturated carbocycles. The van der Waals surface area contributed by atoms with Crippen molar-refractivity contribution < 1.29 is 19.1 Å². The molecule has 0 unspecified atom stereocenters. The maximum absolute atomic E-state index is 12.2. The van der Waals surface area contributed by atoms with E-state index in [-0.39, 0.29) is 11.9 Å². The number of nitrogens with zero attached hydrogens (tertiary/aromatic N) is 1. The van der Waals surface area contributed by atoms with E-state index in [2.05, 4.69) is 15.3 Å². The van der Waals surface area contributed by atoms with Gasteiger partial charge in [-0.2, -0.15) is 5.10 Å². The van der Waals surface area contributed by atoms with Crippen LogP contribution in [0.3, 0.4) is 0 Å². The van der Waals surface area contributed by atoms with Crippen LogP contribution in [-0.2, 0) is 11.3 Å². The summed E-state index contributed by atoms with van der Waals surface area (Å²) < 4.78 is 10.5. The molecule has 158 valence electrons. The van der Waals surface area contributed by atoms with Crippen molar-refractivity contribution in [2.24, 2.45) is 5.10 Å². The van der Waals surface area contributed by atoms with Gasteiger partial charge in [0.2, 0.25) is 0 Å². The number of carbonyl (C=O) groups is 2. The molecule has 0 aromatic heterocycles. The Morgan fingerprint density at radius 2 is 1.68 bits per heavy atom. The summed E-state index contributed by atoms with van der Waals surface area (Å²) in [5, 5.41) is 4.03. The molecule has 1 N–H and O–H groups in total. The molecule has 0 atom stereocenters. The first kappa shape index (κ1) is 21.8. The Bertz CT molecular complexity index is 1090. The van der Waals surface area contributed by atoms with Gasteiger partial charge in [0, 0.05) is 5.56 Å². The summed E-state index contributed by atoms with van der Waals surface area (Å²) in [6, 6.07) is 20.1. The van der Waals surface area contributed by atoms with E-state index in [1.807, 2.05) is 62.4 Å². The van der Waals surface area contributed by atoms with Gasteiger partial charge in [-0.25, -0.2) is 10.2 Å². The normalized spacial score (nSPS) is 10.7. The maximum Gasteiger partial charge on any atom is 0.337 e. The quantitative estimate of drug-likeness (QED) is 0.351. The molecule has 1 amide bonds. The predicted octanol–water partition coefficient (Wildman–Crippen LogP) is 4.43. The molecule has 0 radical (unpaired) electrons. The summed E-state index contributed by atoms with van der Waals surface area (Å²) in [7, 11) is 1.35. The van der Waals surface area contributed by atoms with Crippen molar-refractivity contribution in [2.45, 2.75) is 20.5 Å².